The van der Waals surface area contributed by atoms with Crippen molar-refractivity contribution >= 4 is 77.2 Å². The van der Waals surface area contributed by atoms with Crippen LogP contribution >= 0.6 is 0 Å². The number of anilines is 6. The van der Waals surface area contributed by atoms with E-state index in [1.807, 2.05) is 0 Å². The van der Waals surface area contributed by atoms with Crippen molar-refractivity contribution in [2.75, 3.05) is 9.80 Å². The van der Waals surface area contributed by atoms with Crippen molar-refractivity contribution in [3.63, 3.8) is 0 Å². The lowest BCUT2D eigenvalue weighted by atomic mass is 9.92. The molecule has 0 bridgehead atoms. The van der Waals surface area contributed by atoms with Crippen LogP contribution in [0.2, 0.25) is 0 Å². The van der Waals surface area contributed by atoms with Gasteiger partial charge in [-0.25, -0.2) is 0 Å². The van der Waals surface area contributed by atoms with E-state index in [2.05, 4.69) is 280 Å². The van der Waals surface area contributed by atoms with E-state index in [4.69, 9.17) is 0 Å². The molecule has 0 radical (unpaired) electrons. The summed E-state index contributed by atoms with van der Waals surface area (Å²) in [5, 5.41) is 9.79. The third-order valence-corrected chi connectivity index (χ3v) is 14.3. The molecule has 12 aromatic rings. The van der Waals surface area contributed by atoms with Crippen molar-refractivity contribution in [1.29, 1.82) is 0 Å². The Morgan fingerprint density at radius 3 is 0.943 bits per heavy atom. The average molecular weight is 897 g/mol. The van der Waals surface area contributed by atoms with Crippen LogP contribution in [0.3, 0.4) is 0 Å². The molecule has 0 saturated carbocycles. The van der Waals surface area contributed by atoms with Gasteiger partial charge in [-0.1, -0.05) is 206 Å². The number of rotatable bonds is 9. The Labute approximate surface area is 411 Å². The summed E-state index contributed by atoms with van der Waals surface area (Å²) in [5.74, 6) is 0. The van der Waals surface area contributed by atoms with E-state index < -0.39 is 0 Å². The number of fused-ring (bicyclic) bond motifs is 4. The van der Waals surface area contributed by atoms with Gasteiger partial charge < -0.3 is 9.80 Å². The molecular weight excluding hydrogens is 845 g/mol. The van der Waals surface area contributed by atoms with Gasteiger partial charge in [-0.05, 0) is 141 Å². The number of nitrogens with zero attached hydrogens (tertiary/aromatic N) is 2. The minimum absolute atomic E-state index is 1.15. The monoisotopic (exact) mass is 896 g/mol. The van der Waals surface area contributed by atoms with E-state index in [9.17, 15) is 0 Å². The molecule has 12 aromatic carbocycles. The number of benzene rings is 12. The standard InChI is InChI=1S/C68H52N2/c1-45-19-13-35-61(59-33-15-25-49-21-5-9-29-55(49)59)67(45)69(65-37-17-27-51-23-7-11-31-57(51)65)63-41-39-53(43-47(63)3)54-40-42-64(48(4)44-54)70(66-38-18-28-52-24-8-12-32-58(52)66)68-46(2)20-14-36-62(68)60-34-16-26-50-22-6-10-30-56(50)60/h5-44H,1-4H3. The largest absolute Gasteiger partial charge is 0.309 e. The normalized spacial score (nSPS) is 11.4. The van der Waals surface area contributed by atoms with Crippen molar-refractivity contribution < 1.29 is 0 Å². The van der Waals surface area contributed by atoms with Crippen LogP contribution in [0.5, 0.6) is 0 Å². The molecule has 0 aliphatic rings. The zero-order valence-electron chi connectivity index (χ0n) is 40.0. The first-order valence-corrected chi connectivity index (χ1v) is 24.3. The molecule has 2 nitrogen and oxygen atoms in total. The van der Waals surface area contributed by atoms with Crippen molar-refractivity contribution in [3.8, 4) is 33.4 Å². The summed E-state index contributed by atoms with van der Waals surface area (Å²) < 4.78 is 0. The van der Waals surface area contributed by atoms with Crippen LogP contribution < -0.4 is 9.80 Å². The Morgan fingerprint density at radius 1 is 0.229 bits per heavy atom. The Kier molecular flexibility index (Phi) is 10.8. The van der Waals surface area contributed by atoms with Gasteiger partial charge in [0.15, 0.2) is 0 Å². The molecule has 2 heteroatoms. The van der Waals surface area contributed by atoms with Crippen LogP contribution in [0.25, 0.3) is 76.5 Å². The second kappa shape index (κ2) is 17.7. The first-order chi connectivity index (χ1) is 34.4. The van der Waals surface area contributed by atoms with Crippen molar-refractivity contribution in [2.45, 2.75) is 27.7 Å². The Hall–Kier alpha value is -8.72. The van der Waals surface area contributed by atoms with Crippen molar-refractivity contribution in [1.82, 2.24) is 0 Å². The highest BCUT2D eigenvalue weighted by Gasteiger charge is 2.26. The van der Waals surface area contributed by atoms with Gasteiger partial charge in [0.2, 0.25) is 0 Å². The third-order valence-electron chi connectivity index (χ3n) is 14.3. The van der Waals surface area contributed by atoms with Crippen LogP contribution in [-0.4, -0.2) is 0 Å². The summed E-state index contributed by atoms with van der Waals surface area (Å²) in [5.41, 5.74) is 19.0. The Balaban J connectivity index is 1.02. The summed E-state index contributed by atoms with van der Waals surface area (Å²) in [6.07, 6.45) is 0. The van der Waals surface area contributed by atoms with Gasteiger partial charge in [-0.15, -0.1) is 0 Å². The van der Waals surface area contributed by atoms with Crippen molar-refractivity contribution in [3.05, 3.63) is 265 Å². The highest BCUT2D eigenvalue weighted by molar-refractivity contribution is 6.08. The molecule has 0 aliphatic carbocycles. The molecule has 0 spiro atoms. The molecule has 70 heavy (non-hydrogen) atoms. The fourth-order valence-corrected chi connectivity index (χ4v) is 11.0. The second-order valence-corrected chi connectivity index (χ2v) is 18.7. The van der Waals surface area contributed by atoms with E-state index in [0.717, 1.165) is 22.7 Å². The van der Waals surface area contributed by atoms with Gasteiger partial charge in [-0.2, -0.15) is 0 Å². The molecular formula is C68H52N2. The molecule has 0 amide bonds. The zero-order valence-corrected chi connectivity index (χ0v) is 40.0. The van der Waals surface area contributed by atoms with Crippen LogP contribution in [0.1, 0.15) is 22.3 Å². The molecule has 0 heterocycles. The third kappa shape index (κ3) is 7.37. The summed E-state index contributed by atoms with van der Waals surface area (Å²) in [4.78, 5) is 5.03. The molecule has 0 atom stereocenters. The molecule has 0 unspecified atom stereocenters. The summed E-state index contributed by atoms with van der Waals surface area (Å²) in [6, 6.07) is 89.2. The SMILES string of the molecule is Cc1cc(-c2ccc(N(c3c(C)cccc3-c3cccc4ccccc34)c3cccc4ccccc34)c(C)c2)ccc1N(c1c(C)cccc1-c1cccc2ccccc12)c1cccc2ccccc12. The van der Waals surface area contributed by atoms with E-state index in [-0.39, 0.29) is 0 Å². The molecule has 0 N–H and O–H groups in total. The van der Waals surface area contributed by atoms with Crippen molar-refractivity contribution in [2.24, 2.45) is 0 Å². The number of hydrogen-bond donors (Lipinski definition) is 0. The topological polar surface area (TPSA) is 6.48 Å². The lowest BCUT2D eigenvalue weighted by Crippen LogP contribution is -2.15. The van der Waals surface area contributed by atoms with Gasteiger partial charge >= 0.3 is 0 Å². The van der Waals surface area contributed by atoms with Gasteiger partial charge in [0.05, 0.1) is 22.7 Å². The van der Waals surface area contributed by atoms with Crippen LogP contribution in [0.15, 0.2) is 243 Å². The Morgan fingerprint density at radius 2 is 0.543 bits per heavy atom. The number of hydrogen-bond acceptors (Lipinski definition) is 2. The minimum Gasteiger partial charge on any atom is -0.309 e. The summed E-state index contributed by atoms with van der Waals surface area (Å²) in [7, 11) is 0. The van der Waals surface area contributed by atoms with Crippen LogP contribution in [0.4, 0.5) is 34.1 Å². The lowest BCUT2D eigenvalue weighted by molar-refractivity contribution is 1.23. The maximum atomic E-state index is 2.51. The smallest absolute Gasteiger partial charge is 0.0569 e. The van der Waals surface area contributed by atoms with E-state index in [0.29, 0.717) is 0 Å². The molecule has 0 fully saturated rings. The van der Waals surface area contributed by atoms with E-state index in [1.54, 1.807) is 0 Å². The fourth-order valence-electron chi connectivity index (χ4n) is 11.0. The summed E-state index contributed by atoms with van der Waals surface area (Å²) >= 11 is 0. The van der Waals surface area contributed by atoms with Gasteiger partial charge in [0, 0.05) is 33.3 Å². The molecule has 0 aromatic heterocycles. The minimum atomic E-state index is 1.15. The lowest BCUT2D eigenvalue weighted by Gasteiger charge is -2.32. The van der Waals surface area contributed by atoms with Gasteiger partial charge in [0.25, 0.3) is 0 Å². The van der Waals surface area contributed by atoms with Crippen LogP contribution in [0, 0.1) is 27.7 Å². The highest BCUT2D eigenvalue weighted by atomic mass is 15.2. The maximum absolute atomic E-state index is 2.51. The average Bonchev–Trinajstić information content (AvgIpc) is 3.40. The second-order valence-electron chi connectivity index (χ2n) is 18.7. The quantitative estimate of drug-likeness (QED) is 0.142. The molecule has 0 saturated heterocycles. The zero-order chi connectivity index (χ0) is 47.3. The number of aryl methyl sites for hydroxylation is 4. The highest BCUT2D eigenvalue weighted by Crippen LogP contribution is 2.50. The molecule has 12 rings (SSSR count). The van der Waals surface area contributed by atoms with Crippen LogP contribution in [-0.2, 0) is 0 Å². The first kappa shape index (κ1) is 42.6. The van der Waals surface area contributed by atoms with E-state index >= 15 is 0 Å². The van der Waals surface area contributed by atoms with Gasteiger partial charge in [-0.3, -0.25) is 0 Å². The molecule has 334 valence electrons. The first-order valence-electron chi connectivity index (χ1n) is 24.3. The predicted molar refractivity (Wildman–Crippen MR) is 301 cm³/mol. The van der Waals surface area contributed by atoms with Gasteiger partial charge in [0.1, 0.15) is 0 Å². The molecule has 0 aliphatic heterocycles. The predicted octanol–water partition coefficient (Wildman–Crippen LogP) is 19.5. The van der Waals surface area contributed by atoms with E-state index in [1.165, 1.54) is 110 Å². The fraction of sp³-hybridized carbons (Fsp3) is 0.0588. The maximum Gasteiger partial charge on any atom is 0.0569 e. The number of para-hydroxylation sites is 2. The Bertz CT molecular complexity index is 3690. The summed E-state index contributed by atoms with van der Waals surface area (Å²) in [6.45, 7) is 9.03.